The summed E-state index contributed by atoms with van der Waals surface area (Å²) in [6, 6.07) is 15.6. The monoisotopic (exact) mass is 338 g/mol. The maximum Gasteiger partial charge on any atom is 0.190 e. The first-order valence-corrected chi connectivity index (χ1v) is 9.15. The Hall–Kier alpha value is -2.20. The number of benzene rings is 2. The third-order valence-electron chi connectivity index (χ3n) is 4.64. The Morgan fingerprint density at radius 3 is 2.79 bits per heavy atom. The van der Waals surface area contributed by atoms with Crippen molar-refractivity contribution in [2.24, 2.45) is 4.99 Å². The number of nitrogens with zero attached hydrogens (tertiary/aromatic N) is 2. The predicted molar refractivity (Wildman–Crippen MR) is 96.2 cm³/mol. The van der Waals surface area contributed by atoms with Gasteiger partial charge in [-0.15, -0.1) is 11.3 Å². The van der Waals surface area contributed by atoms with Crippen molar-refractivity contribution in [1.29, 1.82) is 0 Å². The van der Waals surface area contributed by atoms with Crippen LogP contribution in [0.2, 0.25) is 0 Å². The molecule has 2 aromatic carbocycles. The first-order valence-electron chi connectivity index (χ1n) is 8.28. The third kappa shape index (κ3) is 2.71. The van der Waals surface area contributed by atoms with E-state index in [4.69, 9.17) is 0 Å². The van der Waals surface area contributed by atoms with Gasteiger partial charge in [-0.2, -0.15) is 0 Å². The average Bonchev–Trinajstić information content (AvgIpc) is 2.97. The molecular weight excluding hydrogens is 319 g/mol. The Morgan fingerprint density at radius 2 is 1.92 bits per heavy atom. The molecule has 1 unspecified atom stereocenters. The van der Waals surface area contributed by atoms with Gasteiger partial charge >= 0.3 is 0 Å². The van der Waals surface area contributed by atoms with Gasteiger partial charge in [0.2, 0.25) is 0 Å². The summed E-state index contributed by atoms with van der Waals surface area (Å²) < 4.78 is 16.3. The lowest BCUT2D eigenvalue weighted by Crippen LogP contribution is -2.26. The largest absolute Gasteiger partial charge is 0.314 e. The van der Waals surface area contributed by atoms with Crippen LogP contribution in [0.15, 0.2) is 58.9 Å². The number of aromatic nitrogens is 1. The zero-order chi connectivity index (χ0) is 16.5. The highest BCUT2D eigenvalue weighted by Gasteiger charge is 2.23. The minimum Gasteiger partial charge on any atom is -0.314 e. The highest BCUT2D eigenvalue weighted by Crippen LogP contribution is 2.33. The van der Waals surface area contributed by atoms with Crippen LogP contribution in [-0.4, -0.2) is 4.57 Å². The Bertz CT molecular complexity index is 939. The number of hydrogen-bond acceptors (Lipinski definition) is 2. The highest BCUT2D eigenvalue weighted by molar-refractivity contribution is 7.07. The van der Waals surface area contributed by atoms with Crippen LogP contribution < -0.4 is 4.80 Å². The van der Waals surface area contributed by atoms with E-state index in [-0.39, 0.29) is 11.9 Å². The van der Waals surface area contributed by atoms with E-state index < -0.39 is 0 Å². The summed E-state index contributed by atoms with van der Waals surface area (Å²) in [7, 11) is 0. The van der Waals surface area contributed by atoms with Crippen molar-refractivity contribution in [1.82, 2.24) is 4.57 Å². The number of para-hydroxylation sites is 1. The van der Waals surface area contributed by atoms with Crippen LogP contribution in [0.3, 0.4) is 0 Å². The van der Waals surface area contributed by atoms with Crippen molar-refractivity contribution in [2.45, 2.75) is 32.2 Å². The van der Waals surface area contributed by atoms with Gasteiger partial charge in [-0.05, 0) is 49.4 Å². The summed E-state index contributed by atoms with van der Waals surface area (Å²) in [6.07, 6.45) is 3.40. The molecule has 1 heterocycles. The van der Waals surface area contributed by atoms with Crippen molar-refractivity contribution in [3.05, 3.63) is 81.4 Å². The molecule has 0 aliphatic heterocycles. The molecule has 2 nitrogen and oxygen atoms in total. The molecule has 0 saturated heterocycles. The molecule has 0 saturated carbocycles. The Kier molecular flexibility index (Phi) is 4.07. The van der Waals surface area contributed by atoms with Crippen LogP contribution in [0.4, 0.5) is 10.1 Å². The van der Waals surface area contributed by atoms with E-state index in [1.807, 2.05) is 6.07 Å². The van der Waals surface area contributed by atoms with E-state index in [2.05, 4.69) is 46.1 Å². The van der Waals surface area contributed by atoms with E-state index >= 15 is 0 Å². The average molecular weight is 338 g/mol. The molecule has 4 rings (SSSR count). The molecule has 1 aromatic heterocycles. The molecule has 1 aliphatic rings. The van der Waals surface area contributed by atoms with Gasteiger partial charge in [0.15, 0.2) is 4.80 Å². The Balaban J connectivity index is 1.87. The van der Waals surface area contributed by atoms with Crippen molar-refractivity contribution < 1.29 is 4.39 Å². The van der Waals surface area contributed by atoms with Gasteiger partial charge in [0.25, 0.3) is 0 Å². The van der Waals surface area contributed by atoms with Gasteiger partial charge in [-0.3, -0.25) is 0 Å². The molecule has 0 fully saturated rings. The molecule has 0 radical (unpaired) electrons. The maximum absolute atomic E-state index is 14.0. The molecule has 24 heavy (non-hydrogen) atoms. The topological polar surface area (TPSA) is 17.3 Å². The lowest BCUT2D eigenvalue weighted by Gasteiger charge is -2.27. The predicted octanol–water partition coefficient (Wildman–Crippen LogP) is 5.16. The normalized spacial score (nSPS) is 17.8. The number of hydrogen-bond donors (Lipinski definition) is 0. The van der Waals surface area contributed by atoms with Crippen LogP contribution in [0.1, 0.15) is 35.7 Å². The summed E-state index contributed by atoms with van der Waals surface area (Å²) in [5, 5.41) is 2.11. The van der Waals surface area contributed by atoms with Gasteiger partial charge < -0.3 is 4.57 Å². The first kappa shape index (κ1) is 15.3. The second-order valence-electron chi connectivity index (χ2n) is 6.20. The van der Waals surface area contributed by atoms with Crippen molar-refractivity contribution in [3.63, 3.8) is 0 Å². The van der Waals surface area contributed by atoms with E-state index in [9.17, 15) is 4.39 Å². The number of aryl methyl sites for hydroxylation is 2. The molecule has 0 N–H and O–H groups in total. The summed E-state index contributed by atoms with van der Waals surface area (Å²) in [5.41, 5.74) is 4.37. The number of fused-ring (bicyclic) bond motifs is 1. The van der Waals surface area contributed by atoms with Gasteiger partial charge in [-0.25, -0.2) is 9.38 Å². The minimum atomic E-state index is -0.279. The lowest BCUT2D eigenvalue weighted by molar-refractivity contribution is 0.473. The fraction of sp³-hybridized carbons (Fsp3) is 0.250. The number of rotatable bonds is 2. The zero-order valence-electron chi connectivity index (χ0n) is 13.6. The zero-order valence-corrected chi connectivity index (χ0v) is 14.4. The highest BCUT2D eigenvalue weighted by atomic mass is 32.1. The molecule has 3 aromatic rings. The van der Waals surface area contributed by atoms with Gasteiger partial charge in [0.1, 0.15) is 11.5 Å². The summed E-state index contributed by atoms with van der Waals surface area (Å²) in [4.78, 5) is 5.48. The van der Waals surface area contributed by atoms with E-state index in [1.54, 1.807) is 23.5 Å². The molecular formula is C20H19FN2S. The number of halogens is 1. The van der Waals surface area contributed by atoms with Gasteiger partial charge in [0, 0.05) is 11.1 Å². The smallest absolute Gasteiger partial charge is 0.190 e. The second-order valence-corrected chi connectivity index (χ2v) is 7.04. The SMILES string of the molecule is Cc1csc(=Nc2ccccc2F)n1C1CCCc2ccccc21. The van der Waals surface area contributed by atoms with E-state index in [1.165, 1.54) is 29.3 Å². The van der Waals surface area contributed by atoms with E-state index in [0.717, 1.165) is 17.6 Å². The molecule has 122 valence electrons. The van der Waals surface area contributed by atoms with Crippen LogP contribution in [-0.2, 0) is 6.42 Å². The third-order valence-corrected chi connectivity index (χ3v) is 5.60. The van der Waals surface area contributed by atoms with Crippen LogP contribution in [0, 0.1) is 12.7 Å². The lowest BCUT2D eigenvalue weighted by atomic mass is 9.87. The van der Waals surface area contributed by atoms with Crippen molar-refractivity contribution >= 4 is 17.0 Å². The van der Waals surface area contributed by atoms with Crippen LogP contribution in [0.5, 0.6) is 0 Å². The molecule has 0 spiro atoms. The summed E-state index contributed by atoms with van der Waals surface area (Å²) in [5.74, 6) is -0.279. The van der Waals surface area contributed by atoms with Gasteiger partial charge in [0.05, 0.1) is 6.04 Å². The van der Waals surface area contributed by atoms with Gasteiger partial charge in [-0.1, -0.05) is 36.4 Å². The fourth-order valence-electron chi connectivity index (χ4n) is 3.50. The van der Waals surface area contributed by atoms with Crippen molar-refractivity contribution in [2.75, 3.05) is 0 Å². The molecule has 0 amide bonds. The van der Waals surface area contributed by atoms with E-state index in [0.29, 0.717) is 5.69 Å². The summed E-state index contributed by atoms with van der Waals surface area (Å²) in [6.45, 7) is 2.11. The summed E-state index contributed by atoms with van der Waals surface area (Å²) >= 11 is 1.58. The first-order chi connectivity index (χ1) is 11.7. The Morgan fingerprint density at radius 1 is 1.12 bits per heavy atom. The quantitative estimate of drug-likeness (QED) is 0.614. The van der Waals surface area contributed by atoms with Crippen LogP contribution >= 0.6 is 11.3 Å². The Labute approximate surface area is 144 Å². The molecule has 0 bridgehead atoms. The second kappa shape index (κ2) is 6.36. The van der Waals surface area contributed by atoms with Crippen LogP contribution in [0.25, 0.3) is 0 Å². The maximum atomic E-state index is 14.0. The molecule has 1 aliphatic carbocycles. The number of thiazole rings is 1. The standard InChI is InChI=1S/C20H19FN2S/c1-14-13-24-20(22-18-11-5-4-10-17(18)21)23(14)19-12-6-8-15-7-2-3-9-16(15)19/h2-5,7,9-11,13,19H,6,8,12H2,1H3. The fourth-order valence-corrected chi connectivity index (χ4v) is 4.43. The molecule has 1 atom stereocenters. The minimum absolute atomic E-state index is 0.279. The molecule has 4 heteroatoms. The van der Waals surface area contributed by atoms with Crippen molar-refractivity contribution in [3.8, 4) is 0 Å².